The molecule has 0 spiro atoms. The lowest BCUT2D eigenvalue weighted by molar-refractivity contribution is -0.141. The number of fused-ring (bicyclic) bond motifs is 4. The average Bonchev–Trinajstić information content (AvgIpc) is 3.39. The van der Waals surface area contributed by atoms with Gasteiger partial charge in [0.05, 0.1) is 29.6 Å². The molecule has 0 aliphatic carbocycles. The van der Waals surface area contributed by atoms with Gasteiger partial charge in [0.1, 0.15) is 23.6 Å². The van der Waals surface area contributed by atoms with Crippen LogP contribution in [0.3, 0.4) is 0 Å². The van der Waals surface area contributed by atoms with Crippen molar-refractivity contribution >= 4 is 28.3 Å². The number of carbonyl (C=O) groups is 1. The first-order chi connectivity index (χ1) is 14.7. The summed E-state index contributed by atoms with van der Waals surface area (Å²) in [4.78, 5) is 26.5. The highest BCUT2D eigenvalue weighted by Crippen LogP contribution is 2.38. The number of carbonyl (C=O) groups excluding carboxylic acids is 1. The molecule has 5 rings (SSSR count). The molecule has 8 nitrogen and oxygen atoms in total. The van der Waals surface area contributed by atoms with Crippen LogP contribution in [-0.4, -0.2) is 43.8 Å². The number of rotatable bonds is 2. The summed E-state index contributed by atoms with van der Waals surface area (Å²) in [7, 11) is 1.57. The third-order valence-electron chi connectivity index (χ3n) is 5.33. The van der Waals surface area contributed by atoms with E-state index in [4.69, 9.17) is 10.5 Å². The van der Waals surface area contributed by atoms with Gasteiger partial charge in [0.2, 0.25) is 5.88 Å². The molecule has 4 heterocycles. The number of benzene rings is 1. The monoisotopic (exact) mass is 428 g/mol. The van der Waals surface area contributed by atoms with E-state index in [0.717, 1.165) is 6.07 Å². The van der Waals surface area contributed by atoms with E-state index in [2.05, 4.69) is 15.0 Å². The minimum Gasteiger partial charge on any atom is -0.475 e. The van der Waals surface area contributed by atoms with Crippen LogP contribution in [0.5, 0.6) is 5.88 Å². The molecule has 0 unspecified atom stereocenters. The van der Waals surface area contributed by atoms with Gasteiger partial charge in [0.15, 0.2) is 0 Å². The highest BCUT2D eigenvalue weighted by atomic mass is 19.4. The van der Waals surface area contributed by atoms with Gasteiger partial charge in [0.25, 0.3) is 5.91 Å². The normalized spacial score (nSPS) is 15.8. The van der Waals surface area contributed by atoms with E-state index >= 15 is 0 Å². The number of imidazole rings is 1. The summed E-state index contributed by atoms with van der Waals surface area (Å²) in [5.74, 6) is -0.113. The van der Waals surface area contributed by atoms with Gasteiger partial charge in [-0.25, -0.2) is 15.0 Å². The number of hydrogen-bond donors (Lipinski definition) is 1. The second kappa shape index (κ2) is 6.56. The molecule has 1 aliphatic heterocycles. The quantitative estimate of drug-likeness (QED) is 0.527. The van der Waals surface area contributed by atoms with Gasteiger partial charge in [-0.15, -0.1) is 0 Å². The SMILES string of the molecule is CN(C(=O)c1ccc2nc(N)c3cncn3c2c1)[C@@H]1COc2nc(C(F)(F)F)ccc21. The van der Waals surface area contributed by atoms with Gasteiger partial charge >= 0.3 is 6.18 Å². The van der Waals surface area contributed by atoms with Gasteiger partial charge in [-0.05, 0) is 30.3 Å². The molecule has 0 saturated carbocycles. The molecule has 1 atom stereocenters. The van der Waals surface area contributed by atoms with Gasteiger partial charge < -0.3 is 15.4 Å². The van der Waals surface area contributed by atoms with Crippen LogP contribution >= 0.6 is 0 Å². The van der Waals surface area contributed by atoms with Crippen LogP contribution in [-0.2, 0) is 6.18 Å². The van der Waals surface area contributed by atoms with Crippen molar-refractivity contribution < 1.29 is 22.7 Å². The lowest BCUT2D eigenvalue weighted by Gasteiger charge is -2.23. The van der Waals surface area contributed by atoms with Gasteiger partial charge in [0, 0.05) is 18.2 Å². The maximum atomic E-state index is 13.2. The molecule has 0 radical (unpaired) electrons. The molecule has 0 saturated heterocycles. The van der Waals surface area contributed by atoms with Crippen LogP contribution in [0.1, 0.15) is 27.7 Å². The van der Waals surface area contributed by atoms with Crippen LogP contribution in [0.15, 0.2) is 42.9 Å². The lowest BCUT2D eigenvalue weighted by atomic mass is 10.1. The highest BCUT2D eigenvalue weighted by molar-refractivity contribution is 5.98. The molecule has 158 valence electrons. The first-order valence-corrected chi connectivity index (χ1v) is 9.23. The van der Waals surface area contributed by atoms with Gasteiger partial charge in [-0.1, -0.05) is 0 Å². The summed E-state index contributed by atoms with van der Waals surface area (Å²) in [6.07, 6.45) is -1.41. The summed E-state index contributed by atoms with van der Waals surface area (Å²) >= 11 is 0. The number of nitrogens with zero attached hydrogens (tertiary/aromatic N) is 5. The van der Waals surface area contributed by atoms with Crippen molar-refractivity contribution in [3.8, 4) is 5.88 Å². The fourth-order valence-corrected chi connectivity index (χ4v) is 3.70. The fourth-order valence-electron chi connectivity index (χ4n) is 3.70. The summed E-state index contributed by atoms with van der Waals surface area (Å²) in [5, 5.41) is 0. The van der Waals surface area contributed by atoms with E-state index in [1.54, 1.807) is 42.2 Å². The third-order valence-corrected chi connectivity index (χ3v) is 5.33. The number of likely N-dealkylation sites (N-methyl/N-ethyl adjacent to an activating group) is 1. The summed E-state index contributed by atoms with van der Waals surface area (Å²) < 4.78 is 45.8. The molecule has 0 bridgehead atoms. The first kappa shape index (κ1) is 19.1. The van der Waals surface area contributed by atoms with Crippen LogP contribution in [0.4, 0.5) is 19.0 Å². The number of ether oxygens (including phenoxy) is 1. The van der Waals surface area contributed by atoms with Crippen molar-refractivity contribution in [3.05, 3.63) is 59.7 Å². The highest BCUT2D eigenvalue weighted by Gasteiger charge is 2.37. The molecule has 1 amide bonds. The zero-order valence-electron chi connectivity index (χ0n) is 16.1. The maximum absolute atomic E-state index is 13.2. The predicted molar refractivity (Wildman–Crippen MR) is 104 cm³/mol. The average molecular weight is 428 g/mol. The minimum absolute atomic E-state index is 0.0172. The molecule has 1 aliphatic rings. The number of nitrogen functional groups attached to an aromatic ring is 1. The summed E-state index contributed by atoms with van der Waals surface area (Å²) in [5.41, 5.74) is 7.58. The Labute approximate surface area is 173 Å². The van der Waals surface area contributed by atoms with Crippen LogP contribution in [0, 0.1) is 0 Å². The number of anilines is 1. The smallest absolute Gasteiger partial charge is 0.433 e. The molecule has 2 N–H and O–H groups in total. The number of alkyl halides is 3. The standard InChI is InChI=1S/C20H15F3N6O2/c1-28(15-8-31-18-11(15)3-5-16(27-18)20(21,22)23)19(30)10-2-4-12-13(6-10)29-9-25-7-14(29)17(24)26-12/h2-7,9,15H,8H2,1H3,(H2,24,26)/t15-/m1/s1. The number of hydrogen-bond acceptors (Lipinski definition) is 6. The Hall–Kier alpha value is -3.89. The Kier molecular flexibility index (Phi) is 4.04. The van der Waals surface area contributed by atoms with E-state index in [-0.39, 0.29) is 18.4 Å². The fraction of sp³-hybridized carbons (Fsp3) is 0.200. The summed E-state index contributed by atoms with van der Waals surface area (Å²) in [6, 6.07) is 6.61. The van der Waals surface area contributed by atoms with Crippen molar-refractivity contribution in [2.24, 2.45) is 0 Å². The topological polar surface area (TPSA) is 98.6 Å². The van der Waals surface area contributed by atoms with Gasteiger partial charge in [-0.2, -0.15) is 13.2 Å². The molecular weight excluding hydrogens is 413 g/mol. The maximum Gasteiger partial charge on any atom is 0.433 e. The molecule has 31 heavy (non-hydrogen) atoms. The Balaban J connectivity index is 1.49. The van der Waals surface area contributed by atoms with E-state index in [0.29, 0.717) is 33.5 Å². The van der Waals surface area contributed by atoms with E-state index in [1.165, 1.54) is 11.0 Å². The molecule has 3 aromatic heterocycles. The van der Waals surface area contributed by atoms with Crippen molar-refractivity contribution in [1.82, 2.24) is 24.3 Å². The van der Waals surface area contributed by atoms with Crippen molar-refractivity contribution in [2.75, 3.05) is 19.4 Å². The second-order valence-electron chi connectivity index (χ2n) is 7.18. The van der Waals surface area contributed by atoms with Crippen molar-refractivity contribution in [1.29, 1.82) is 0 Å². The van der Waals surface area contributed by atoms with E-state index in [1.807, 2.05) is 0 Å². The molecule has 1 aromatic carbocycles. The van der Waals surface area contributed by atoms with Gasteiger partial charge in [-0.3, -0.25) is 9.20 Å². The minimum atomic E-state index is -4.57. The van der Waals surface area contributed by atoms with Crippen LogP contribution in [0.25, 0.3) is 16.6 Å². The number of halogens is 3. The second-order valence-corrected chi connectivity index (χ2v) is 7.18. The Morgan fingerprint density at radius 3 is 2.81 bits per heavy atom. The molecule has 4 aromatic rings. The number of aromatic nitrogens is 4. The Morgan fingerprint density at radius 1 is 1.23 bits per heavy atom. The third kappa shape index (κ3) is 3.00. The number of amides is 1. The van der Waals surface area contributed by atoms with E-state index < -0.39 is 17.9 Å². The zero-order chi connectivity index (χ0) is 21.9. The molecule has 0 fully saturated rings. The van der Waals surface area contributed by atoms with E-state index in [9.17, 15) is 18.0 Å². The van der Waals surface area contributed by atoms with Crippen molar-refractivity contribution in [3.63, 3.8) is 0 Å². The molecule has 11 heteroatoms. The molecular formula is C20H15F3N6O2. The zero-order valence-corrected chi connectivity index (χ0v) is 16.1. The van der Waals surface area contributed by atoms with Crippen LogP contribution < -0.4 is 10.5 Å². The number of nitrogens with two attached hydrogens (primary N) is 1. The Bertz CT molecular complexity index is 1350. The van der Waals surface area contributed by atoms with Crippen molar-refractivity contribution in [2.45, 2.75) is 12.2 Å². The largest absolute Gasteiger partial charge is 0.475 e. The lowest BCUT2D eigenvalue weighted by Crippen LogP contribution is -2.32. The Morgan fingerprint density at radius 2 is 2.03 bits per heavy atom. The summed E-state index contributed by atoms with van der Waals surface area (Å²) in [6.45, 7) is 0.0172. The van der Waals surface area contributed by atoms with Crippen LogP contribution in [0.2, 0.25) is 0 Å². The number of pyridine rings is 1. The first-order valence-electron chi connectivity index (χ1n) is 9.23. The predicted octanol–water partition coefficient (Wildman–Crippen LogP) is 3.08.